The molecule has 1 heterocycles. The van der Waals surface area contributed by atoms with Crippen molar-refractivity contribution in [1.82, 2.24) is 5.32 Å². The molecule has 2 aliphatic carbocycles. The summed E-state index contributed by atoms with van der Waals surface area (Å²) in [4.78, 5) is 25.6. The number of carbonyl (C=O) groups excluding carboxylic acids is 2. The lowest BCUT2D eigenvalue weighted by Crippen LogP contribution is -2.50. The first kappa shape index (κ1) is 37.8. The minimum atomic E-state index is -0.944. The van der Waals surface area contributed by atoms with Gasteiger partial charge in [0.1, 0.15) is 17.5 Å². The van der Waals surface area contributed by atoms with E-state index in [9.17, 15) is 35.1 Å². The minimum Gasteiger partial charge on any atom is -0.508 e. The number of hydrogen-bond donors (Lipinski definition) is 6. The molecule has 9 nitrogen and oxygen atoms in total. The summed E-state index contributed by atoms with van der Waals surface area (Å²) in [6.45, 7) is 0.932. The highest BCUT2D eigenvalue weighted by Crippen LogP contribution is 2.39. The van der Waals surface area contributed by atoms with E-state index in [2.05, 4.69) is 17.2 Å². The van der Waals surface area contributed by atoms with Gasteiger partial charge < -0.3 is 35.6 Å². The van der Waals surface area contributed by atoms with Crippen LogP contribution in [-0.2, 0) is 16.0 Å². The number of benzene rings is 3. The molecule has 0 aromatic heterocycles. The number of ketones is 2. The number of carbonyl (C=O) groups is 2. The van der Waals surface area contributed by atoms with Crippen LogP contribution in [0.1, 0.15) is 99.3 Å². The molecule has 278 valence electrons. The molecule has 52 heavy (non-hydrogen) atoms. The highest BCUT2D eigenvalue weighted by molar-refractivity contribution is 5.85. The number of hydrogen-bond acceptors (Lipinski definition) is 9. The Morgan fingerprint density at radius 1 is 0.923 bits per heavy atom. The zero-order valence-corrected chi connectivity index (χ0v) is 30.1. The summed E-state index contributed by atoms with van der Waals surface area (Å²) in [7, 11) is 1.48. The fourth-order valence-electron chi connectivity index (χ4n) is 8.84. The molecule has 6 rings (SSSR count). The fourth-order valence-corrected chi connectivity index (χ4v) is 8.84. The van der Waals surface area contributed by atoms with Crippen molar-refractivity contribution in [1.29, 1.82) is 0 Å². The molecular formula is C43H53NO8. The summed E-state index contributed by atoms with van der Waals surface area (Å²) in [5, 5.41) is 58.6. The van der Waals surface area contributed by atoms with Gasteiger partial charge in [-0.05, 0) is 133 Å². The van der Waals surface area contributed by atoms with Gasteiger partial charge in [-0.3, -0.25) is 9.59 Å². The lowest BCUT2D eigenvalue weighted by Gasteiger charge is -2.42. The summed E-state index contributed by atoms with van der Waals surface area (Å²) in [6, 6.07) is 14.4. The Bertz CT molecular complexity index is 1790. The third-order valence-corrected chi connectivity index (χ3v) is 11.9. The number of fused-ring (bicyclic) bond motifs is 3. The van der Waals surface area contributed by atoms with Gasteiger partial charge in [0.15, 0.2) is 17.3 Å². The number of piperidine rings is 1. The number of methoxy groups -OCH3 is 1. The van der Waals surface area contributed by atoms with Gasteiger partial charge in [0, 0.05) is 37.8 Å². The first-order chi connectivity index (χ1) is 25.1. The first-order valence-electron chi connectivity index (χ1n) is 19.0. The Balaban J connectivity index is 1.15. The van der Waals surface area contributed by atoms with Crippen LogP contribution in [0.2, 0.25) is 0 Å². The number of aliphatic hydroxyl groups excluding tert-OH is 3. The molecule has 9 heteroatoms. The molecule has 3 aliphatic rings. The smallest absolute Gasteiger partial charge is 0.160 e. The van der Waals surface area contributed by atoms with Crippen LogP contribution in [0, 0.1) is 35.5 Å². The molecule has 3 aromatic rings. The number of aromatic hydroxyl groups is 2. The zero-order valence-electron chi connectivity index (χ0n) is 30.1. The van der Waals surface area contributed by atoms with E-state index in [4.69, 9.17) is 4.74 Å². The van der Waals surface area contributed by atoms with Crippen LogP contribution in [0.4, 0.5) is 0 Å². The molecule has 0 radical (unpaired) electrons. The zero-order chi connectivity index (χ0) is 36.8. The van der Waals surface area contributed by atoms with Crippen LogP contribution in [-0.4, -0.2) is 69.5 Å². The normalized spacial score (nSPS) is 25.0. The largest absolute Gasteiger partial charge is 0.508 e. The fraction of sp³-hybridized carbons (Fsp3) is 0.535. The maximum atomic E-state index is 13.6. The summed E-state index contributed by atoms with van der Waals surface area (Å²) in [5.74, 6) is 7.05. The van der Waals surface area contributed by atoms with Crippen LogP contribution in [0.3, 0.4) is 0 Å². The number of nitrogens with one attached hydrogen (secondary N) is 1. The highest BCUT2D eigenvalue weighted by Gasteiger charge is 2.37. The number of rotatable bonds is 13. The van der Waals surface area contributed by atoms with E-state index >= 15 is 0 Å². The Morgan fingerprint density at radius 2 is 1.73 bits per heavy atom. The average Bonchev–Trinajstić information content (AvgIpc) is 3.20. The van der Waals surface area contributed by atoms with Crippen LogP contribution >= 0.6 is 0 Å². The lowest BCUT2D eigenvalue weighted by molar-refractivity contribution is -0.124. The molecule has 0 bridgehead atoms. The Labute approximate surface area is 306 Å². The van der Waals surface area contributed by atoms with Crippen LogP contribution in [0.25, 0.3) is 10.8 Å². The SMILES string of the molecule is COc1cc2c(cc1O)C(CCC(O)c1ccc3cc(O)ccc3c1)C#CC(C(O)CCCC(CCO)C1CNC3CC(=O)CCC3C1)C(=O)CC2. The first-order valence-corrected chi connectivity index (χ1v) is 19.0. The number of Topliss-reactive ketones (excluding diaryl/α,β-unsaturated/α-hetero) is 2. The second kappa shape index (κ2) is 17.3. The molecule has 0 amide bonds. The predicted octanol–water partition coefficient (Wildman–Crippen LogP) is 5.87. The topological polar surface area (TPSA) is 157 Å². The third kappa shape index (κ3) is 8.98. The number of aliphatic hydroxyl groups is 3. The molecule has 1 saturated carbocycles. The summed E-state index contributed by atoms with van der Waals surface area (Å²) in [5.41, 5.74) is 2.37. The molecule has 8 unspecified atom stereocenters. The van der Waals surface area contributed by atoms with E-state index < -0.39 is 24.0 Å². The van der Waals surface area contributed by atoms with Gasteiger partial charge in [0.25, 0.3) is 0 Å². The monoisotopic (exact) mass is 711 g/mol. The van der Waals surface area contributed by atoms with Gasteiger partial charge in [0.05, 0.1) is 19.3 Å². The van der Waals surface area contributed by atoms with Gasteiger partial charge in [-0.1, -0.05) is 36.5 Å². The van der Waals surface area contributed by atoms with Crippen LogP contribution in [0.5, 0.6) is 17.2 Å². The molecule has 1 saturated heterocycles. The lowest BCUT2D eigenvalue weighted by atomic mass is 9.71. The van der Waals surface area contributed by atoms with E-state index in [1.807, 2.05) is 24.3 Å². The van der Waals surface area contributed by atoms with Crippen molar-refractivity contribution >= 4 is 22.3 Å². The van der Waals surface area contributed by atoms with E-state index in [0.717, 1.165) is 53.3 Å². The molecular weight excluding hydrogens is 658 g/mol. The molecule has 0 spiro atoms. The molecule has 2 fully saturated rings. The standard InChI is InChI=1S/C43H53NO8/c1-52-43-22-30-11-16-41(50)36(40(49)4-2-3-26(17-18-45)33-20-31-8-13-35(47)23-38(31)44-25-33)14-9-27(37(30)24-42(43)51)10-15-39(48)32-6-5-29-21-34(46)12-7-28(29)19-32/h5-7,12,19,21-22,24,26-27,31,33,36,38-40,44-46,48-49,51H,2-4,8,10-11,13,15-18,20,23,25H2,1H3. The second-order valence-corrected chi connectivity index (χ2v) is 15.2. The second-order valence-electron chi connectivity index (χ2n) is 15.2. The van der Waals surface area contributed by atoms with E-state index in [0.29, 0.717) is 74.7 Å². The Morgan fingerprint density at radius 3 is 2.54 bits per heavy atom. The highest BCUT2D eigenvalue weighted by atomic mass is 16.5. The summed E-state index contributed by atoms with van der Waals surface area (Å²) >= 11 is 0. The Kier molecular flexibility index (Phi) is 12.5. The average molecular weight is 712 g/mol. The van der Waals surface area contributed by atoms with E-state index in [1.54, 1.807) is 24.3 Å². The van der Waals surface area contributed by atoms with Crippen molar-refractivity contribution in [3.63, 3.8) is 0 Å². The van der Waals surface area contributed by atoms with Gasteiger partial charge >= 0.3 is 0 Å². The van der Waals surface area contributed by atoms with Crippen LogP contribution < -0.4 is 10.1 Å². The molecule has 3 aromatic carbocycles. The molecule has 8 atom stereocenters. The number of aryl methyl sites for hydroxylation is 1. The van der Waals surface area contributed by atoms with E-state index in [1.165, 1.54) is 7.11 Å². The number of phenols is 2. The maximum Gasteiger partial charge on any atom is 0.160 e. The molecule has 1 aliphatic heterocycles. The number of ether oxygens (including phenoxy) is 1. The quantitative estimate of drug-likeness (QED) is 0.119. The van der Waals surface area contributed by atoms with Crippen molar-refractivity contribution < 1.29 is 39.9 Å². The van der Waals surface area contributed by atoms with Crippen molar-refractivity contribution in [2.24, 2.45) is 23.7 Å². The third-order valence-electron chi connectivity index (χ3n) is 11.9. The van der Waals surface area contributed by atoms with Crippen molar-refractivity contribution in [3.05, 3.63) is 65.2 Å². The maximum absolute atomic E-state index is 13.6. The van der Waals surface area contributed by atoms with Gasteiger partial charge in [-0.15, -0.1) is 0 Å². The Hall–Kier alpha value is -3.94. The van der Waals surface area contributed by atoms with Crippen molar-refractivity contribution in [2.45, 2.75) is 101 Å². The molecule has 6 N–H and O–H groups in total. The van der Waals surface area contributed by atoms with Crippen LogP contribution in [0.15, 0.2) is 48.5 Å². The van der Waals surface area contributed by atoms with Crippen molar-refractivity contribution in [2.75, 3.05) is 20.3 Å². The number of phenolic OH excluding ortho intramolecular Hbond substituents is 2. The van der Waals surface area contributed by atoms with Crippen molar-refractivity contribution in [3.8, 4) is 29.1 Å². The van der Waals surface area contributed by atoms with Gasteiger partial charge in [-0.25, -0.2) is 0 Å². The van der Waals surface area contributed by atoms with Gasteiger partial charge in [-0.2, -0.15) is 0 Å². The predicted molar refractivity (Wildman–Crippen MR) is 199 cm³/mol. The van der Waals surface area contributed by atoms with E-state index in [-0.39, 0.29) is 42.3 Å². The van der Waals surface area contributed by atoms with Gasteiger partial charge in [0.2, 0.25) is 0 Å². The minimum absolute atomic E-state index is 0.0216. The summed E-state index contributed by atoms with van der Waals surface area (Å²) < 4.78 is 5.39. The summed E-state index contributed by atoms with van der Waals surface area (Å²) in [6.07, 6.45) is 5.54.